The highest BCUT2D eigenvalue weighted by atomic mass is 79.9. The summed E-state index contributed by atoms with van der Waals surface area (Å²) in [6, 6.07) is 10.5. The maximum Gasteiger partial charge on any atom is 0.145 e. The highest BCUT2D eigenvalue weighted by Gasteiger charge is 2.17. The smallest absolute Gasteiger partial charge is 0.145 e. The van der Waals surface area contributed by atoms with Crippen molar-refractivity contribution in [3.63, 3.8) is 0 Å². The highest BCUT2D eigenvalue weighted by molar-refractivity contribution is 9.11. The summed E-state index contributed by atoms with van der Waals surface area (Å²) in [6.07, 6.45) is 0.401. The molecule has 0 aliphatic rings. The standard InChI is InChI=1S/C14H12Br2ClFN2/c15-9-4-5-11(16)10(7-9)13(20-19)6-8-2-1-3-12(17)14(8)18/h1-5,7,13,20H,6,19H2. The van der Waals surface area contributed by atoms with Gasteiger partial charge < -0.3 is 0 Å². The first kappa shape index (κ1) is 15.9. The maximum absolute atomic E-state index is 14.0. The Balaban J connectivity index is 2.34. The molecule has 1 unspecified atom stereocenters. The maximum atomic E-state index is 14.0. The molecule has 0 bridgehead atoms. The fraction of sp³-hybridized carbons (Fsp3) is 0.143. The Morgan fingerprint density at radius 1 is 1.25 bits per heavy atom. The molecule has 0 heterocycles. The van der Waals surface area contributed by atoms with Gasteiger partial charge in [0.1, 0.15) is 5.82 Å². The Bertz CT molecular complexity index is 622. The molecule has 0 saturated carbocycles. The van der Waals surface area contributed by atoms with Crippen molar-refractivity contribution in [2.24, 2.45) is 5.84 Å². The monoisotopic (exact) mass is 420 g/mol. The molecule has 2 rings (SSSR count). The summed E-state index contributed by atoms with van der Waals surface area (Å²) >= 11 is 12.7. The number of hydrazine groups is 1. The fourth-order valence-electron chi connectivity index (χ4n) is 1.97. The van der Waals surface area contributed by atoms with Crippen LogP contribution in [-0.2, 0) is 6.42 Å². The summed E-state index contributed by atoms with van der Waals surface area (Å²) < 4.78 is 15.8. The molecule has 6 heteroatoms. The van der Waals surface area contributed by atoms with Gasteiger partial charge in [-0.2, -0.15) is 0 Å². The summed E-state index contributed by atoms with van der Waals surface area (Å²) in [5.74, 6) is 5.22. The molecule has 0 aliphatic heterocycles. The zero-order valence-electron chi connectivity index (χ0n) is 10.3. The zero-order chi connectivity index (χ0) is 14.7. The molecule has 2 nitrogen and oxygen atoms in total. The van der Waals surface area contributed by atoms with E-state index in [1.165, 1.54) is 6.07 Å². The van der Waals surface area contributed by atoms with Crippen molar-refractivity contribution in [2.45, 2.75) is 12.5 Å². The highest BCUT2D eigenvalue weighted by Crippen LogP contribution is 2.30. The molecule has 20 heavy (non-hydrogen) atoms. The first-order chi connectivity index (χ1) is 9.52. The van der Waals surface area contributed by atoms with Gasteiger partial charge in [0.2, 0.25) is 0 Å². The number of rotatable bonds is 4. The van der Waals surface area contributed by atoms with Gasteiger partial charge in [-0.25, -0.2) is 4.39 Å². The van der Waals surface area contributed by atoms with E-state index >= 15 is 0 Å². The second kappa shape index (κ2) is 7.00. The molecule has 0 fully saturated rings. The minimum absolute atomic E-state index is 0.117. The van der Waals surface area contributed by atoms with Crippen LogP contribution in [-0.4, -0.2) is 0 Å². The Morgan fingerprint density at radius 2 is 2.00 bits per heavy atom. The summed E-state index contributed by atoms with van der Waals surface area (Å²) in [7, 11) is 0. The van der Waals surface area contributed by atoms with Crippen molar-refractivity contribution in [2.75, 3.05) is 0 Å². The van der Waals surface area contributed by atoms with E-state index in [2.05, 4.69) is 37.3 Å². The normalized spacial score (nSPS) is 12.4. The number of halogens is 4. The number of hydrogen-bond acceptors (Lipinski definition) is 2. The third-order valence-electron chi connectivity index (χ3n) is 2.99. The fourth-order valence-corrected chi connectivity index (χ4v) is 3.06. The lowest BCUT2D eigenvalue weighted by molar-refractivity contribution is 0.527. The van der Waals surface area contributed by atoms with E-state index < -0.39 is 5.82 Å². The van der Waals surface area contributed by atoms with Crippen LogP contribution in [0.25, 0.3) is 0 Å². The van der Waals surface area contributed by atoms with Crippen LogP contribution in [0.4, 0.5) is 4.39 Å². The molecule has 106 valence electrons. The van der Waals surface area contributed by atoms with Crippen molar-refractivity contribution in [3.05, 3.63) is 67.3 Å². The van der Waals surface area contributed by atoms with E-state index in [0.29, 0.717) is 12.0 Å². The van der Waals surface area contributed by atoms with Gasteiger partial charge in [-0.15, -0.1) is 0 Å². The van der Waals surface area contributed by atoms with Crippen LogP contribution >= 0.6 is 43.5 Å². The minimum Gasteiger partial charge on any atom is -0.271 e. The van der Waals surface area contributed by atoms with Gasteiger partial charge in [-0.3, -0.25) is 11.3 Å². The van der Waals surface area contributed by atoms with Crippen LogP contribution in [0, 0.1) is 5.82 Å². The van der Waals surface area contributed by atoms with Gasteiger partial charge in [-0.1, -0.05) is 55.6 Å². The first-order valence-corrected chi connectivity index (χ1v) is 7.83. The van der Waals surface area contributed by atoms with Crippen molar-refractivity contribution < 1.29 is 4.39 Å². The van der Waals surface area contributed by atoms with Crippen LogP contribution in [0.5, 0.6) is 0 Å². The van der Waals surface area contributed by atoms with Crippen LogP contribution in [0.2, 0.25) is 5.02 Å². The van der Waals surface area contributed by atoms with Crippen molar-refractivity contribution in [3.8, 4) is 0 Å². The van der Waals surface area contributed by atoms with Crippen LogP contribution in [0.15, 0.2) is 45.3 Å². The van der Waals surface area contributed by atoms with Gasteiger partial charge in [-0.05, 0) is 41.8 Å². The van der Waals surface area contributed by atoms with E-state index in [4.69, 9.17) is 17.4 Å². The average molecular weight is 423 g/mol. The molecule has 0 spiro atoms. The van der Waals surface area contributed by atoms with Gasteiger partial charge in [0, 0.05) is 8.95 Å². The molecule has 0 aromatic heterocycles. The van der Waals surface area contributed by atoms with Gasteiger partial charge in [0.15, 0.2) is 0 Å². The first-order valence-electron chi connectivity index (χ1n) is 5.87. The zero-order valence-corrected chi connectivity index (χ0v) is 14.3. The average Bonchev–Trinajstić information content (AvgIpc) is 2.43. The molecular formula is C14H12Br2ClFN2. The third kappa shape index (κ3) is 3.59. The molecule has 0 amide bonds. The summed E-state index contributed by atoms with van der Waals surface area (Å²) in [4.78, 5) is 0. The van der Waals surface area contributed by atoms with Crippen LogP contribution in [0.1, 0.15) is 17.2 Å². The molecular weight excluding hydrogens is 410 g/mol. The van der Waals surface area contributed by atoms with Gasteiger partial charge >= 0.3 is 0 Å². The van der Waals surface area contributed by atoms with E-state index in [1.54, 1.807) is 12.1 Å². The van der Waals surface area contributed by atoms with Crippen molar-refractivity contribution >= 4 is 43.5 Å². The second-order valence-corrected chi connectivity index (χ2v) is 6.48. The number of nitrogens with one attached hydrogen (secondary N) is 1. The summed E-state index contributed by atoms with van der Waals surface area (Å²) in [5, 5.41) is 0.117. The molecule has 0 saturated heterocycles. The Hall–Kier alpha value is -0.460. The largest absolute Gasteiger partial charge is 0.271 e. The molecule has 2 aromatic carbocycles. The van der Waals surface area contributed by atoms with E-state index in [-0.39, 0.29) is 11.1 Å². The van der Waals surface area contributed by atoms with E-state index in [9.17, 15) is 4.39 Å². The molecule has 1 atom stereocenters. The lowest BCUT2D eigenvalue weighted by Crippen LogP contribution is -2.30. The topological polar surface area (TPSA) is 38.0 Å². The second-order valence-electron chi connectivity index (χ2n) is 4.30. The molecule has 0 radical (unpaired) electrons. The summed E-state index contributed by atoms with van der Waals surface area (Å²) in [6.45, 7) is 0. The number of benzene rings is 2. The summed E-state index contributed by atoms with van der Waals surface area (Å²) in [5.41, 5.74) is 4.19. The molecule has 2 aromatic rings. The number of nitrogens with two attached hydrogens (primary N) is 1. The predicted molar refractivity (Wildman–Crippen MR) is 87.0 cm³/mol. The van der Waals surface area contributed by atoms with E-state index in [0.717, 1.165) is 14.5 Å². The quantitative estimate of drug-likeness (QED) is 0.551. The predicted octanol–water partition coefficient (Wildman–Crippen LogP) is 4.75. The molecule has 0 aliphatic carbocycles. The lowest BCUT2D eigenvalue weighted by atomic mass is 9.99. The van der Waals surface area contributed by atoms with Gasteiger partial charge in [0.25, 0.3) is 0 Å². The Labute approximate surface area is 138 Å². The van der Waals surface area contributed by atoms with Crippen LogP contribution in [0.3, 0.4) is 0 Å². The van der Waals surface area contributed by atoms with Crippen molar-refractivity contribution in [1.82, 2.24) is 5.43 Å². The molecule has 3 N–H and O–H groups in total. The Kier molecular flexibility index (Phi) is 5.57. The lowest BCUT2D eigenvalue weighted by Gasteiger charge is -2.19. The Morgan fingerprint density at radius 3 is 2.70 bits per heavy atom. The van der Waals surface area contributed by atoms with Crippen LogP contribution < -0.4 is 11.3 Å². The SMILES string of the molecule is NNC(Cc1cccc(Cl)c1F)c1cc(Br)ccc1Br. The van der Waals surface area contributed by atoms with E-state index in [1.807, 2.05) is 18.2 Å². The minimum atomic E-state index is -0.402. The van der Waals surface area contributed by atoms with Crippen molar-refractivity contribution in [1.29, 1.82) is 0 Å². The van der Waals surface area contributed by atoms with Gasteiger partial charge in [0.05, 0.1) is 11.1 Å². The third-order valence-corrected chi connectivity index (χ3v) is 4.50. The number of hydrogen-bond donors (Lipinski definition) is 2.